The molecule has 0 spiro atoms. The van der Waals surface area contributed by atoms with Gasteiger partial charge in [-0.3, -0.25) is 0 Å². The number of benzene rings is 1. The molecule has 108 valence electrons. The molecule has 0 unspecified atom stereocenters. The van der Waals surface area contributed by atoms with Crippen molar-refractivity contribution in [2.75, 3.05) is 6.79 Å². The molecule has 6 nitrogen and oxygen atoms in total. The summed E-state index contributed by atoms with van der Waals surface area (Å²) in [6.07, 6.45) is 0. The van der Waals surface area contributed by atoms with Gasteiger partial charge in [0.05, 0.1) is 5.02 Å². The average molecular weight is 323 g/mol. The molecule has 0 bridgehead atoms. The van der Waals surface area contributed by atoms with Crippen molar-refractivity contribution in [3.63, 3.8) is 0 Å². The highest BCUT2D eigenvalue weighted by Gasteiger charge is 2.21. The summed E-state index contributed by atoms with van der Waals surface area (Å²) >= 11 is 7.68. The Morgan fingerprint density at radius 3 is 2.95 bits per heavy atom. The first-order valence-electron chi connectivity index (χ1n) is 6.45. The Balaban J connectivity index is 1.85. The van der Waals surface area contributed by atoms with Crippen LogP contribution < -0.4 is 9.47 Å². The van der Waals surface area contributed by atoms with Crippen LogP contribution in [0.25, 0.3) is 15.5 Å². The fraction of sp³-hybridized carbons (Fsp3) is 0.308. The molecular weight excluding hydrogens is 312 g/mol. The van der Waals surface area contributed by atoms with Crippen molar-refractivity contribution in [1.29, 1.82) is 0 Å². The topological polar surface area (TPSA) is 61.5 Å². The van der Waals surface area contributed by atoms with E-state index in [1.165, 1.54) is 11.3 Å². The molecule has 0 atom stereocenters. The Morgan fingerprint density at radius 1 is 1.29 bits per heavy atom. The van der Waals surface area contributed by atoms with Crippen LogP contribution in [0.1, 0.15) is 25.6 Å². The number of rotatable bonds is 2. The minimum absolute atomic E-state index is 0.196. The second-order valence-corrected chi connectivity index (χ2v) is 6.37. The van der Waals surface area contributed by atoms with Crippen LogP contribution in [0.2, 0.25) is 5.02 Å². The number of aromatic nitrogens is 4. The Kier molecular flexibility index (Phi) is 2.80. The molecule has 21 heavy (non-hydrogen) atoms. The van der Waals surface area contributed by atoms with Crippen LogP contribution in [-0.2, 0) is 0 Å². The molecule has 4 rings (SSSR count). The first-order chi connectivity index (χ1) is 10.1. The molecule has 1 aliphatic heterocycles. The molecule has 0 amide bonds. The SMILES string of the molecule is CC(C)c1nnc2sc(-c3cc(Cl)c4c(c3)OCO4)nn12. The highest BCUT2D eigenvalue weighted by atomic mass is 35.5. The van der Waals surface area contributed by atoms with Crippen LogP contribution in [0.15, 0.2) is 12.1 Å². The van der Waals surface area contributed by atoms with Crippen molar-refractivity contribution in [2.24, 2.45) is 0 Å². The maximum Gasteiger partial charge on any atom is 0.234 e. The van der Waals surface area contributed by atoms with Gasteiger partial charge in [-0.25, -0.2) is 0 Å². The molecule has 2 aromatic heterocycles. The zero-order valence-electron chi connectivity index (χ0n) is 11.3. The average Bonchev–Trinajstić information content (AvgIpc) is 3.12. The lowest BCUT2D eigenvalue weighted by atomic mass is 10.2. The summed E-state index contributed by atoms with van der Waals surface area (Å²) in [5.74, 6) is 2.34. The zero-order chi connectivity index (χ0) is 14.6. The van der Waals surface area contributed by atoms with Crippen LogP contribution in [-0.4, -0.2) is 26.6 Å². The van der Waals surface area contributed by atoms with Crippen LogP contribution in [0.3, 0.4) is 0 Å². The van der Waals surface area contributed by atoms with Gasteiger partial charge in [-0.15, -0.1) is 10.2 Å². The van der Waals surface area contributed by atoms with Crippen molar-refractivity contribution in [3.8, 4) is 22.1 Å². The number of hydrogen-bond acceptors (Lipinski definition) is 6. The maximum absolute atomic E-state index is 6.22. The number of ether oxygens (including phenoxy) is 2. The van der Waals surface area contributed by atoms with Crippen molar-refractivity contribution in [2.45, 2.75) is 19.8 Å². The van der Waals surface area contributed by atoms with Gasteiger partial charge in [-0.2, -0.15) is 9.61 Å². The van der Waals surface area contributed by atoms with E-state index in [0.717, 1.165) is 21.4 Å². The first kappa shape index (κ1) is 12.8. The van der Waals surface area contributed by atoms with E-state index < -0.39 is 0 Å². The highest BCUT2D eigenvalue weighted by Crippen LogP contribution is 2.43. The third-order valence-electron chi connectivity index (χ3n) is 3.21. The van der Waals surface area contributed by atoms with Crippen molar-refractivity contribution >= 4 is 27.9 Å². The zero-order valence-corrected chi connectivity index (χ0v) is 12.9. The largest absolute Gasteiger partial charge is 0.454 e. The third kappa shape index (κ3) is 1.96. The van der Waals surface area contributed by atoms with Gasteiger partial charge in [0.2, 0.25) is 11.8 Å². The quantitative estimate of drug-likeness (QED) is 0.724. The number of hydrogen-bond donors (Lipinski definition) is 0. The second-order valence-electron chi connectivity index (χ2n) is 5.01. The number of halogens is 1. The van der Waals surface area contributed by atoms with Crippen LogP contribution in [0.4, 0.5) is 0 Å². The summed E-state index contributed by atoms with van der Waals surface area (Å²) < 4.78 is 12.5. The Hall–Kier alpha value is -1.86. The summed E-state index contributed by atoms with van der Waals surface area (Å²) in [6.45, 7) is 4.32. The molecule has 0 saturated heterocycles. The van der Waals surface area contributed by atoms with Gasteiger partial charge < -0.3 is 9.47 Å². The Bertz CT molecular complexity index is 842. The van der Waals surface area contributed by atoms with E-state index in [2.05, 4.69) is 29.1 Å². The molecule has 3 heterocycles. The highest BCUT2D eigenvalue weighted by molar-refractivity contribution is 7.19. The van der Waals surface area contributed by atoms with Crippen LogP contribution in [0.5, 0.6) is 11.5 Å². The fourth-order valence-corrected chi connectivity index (χ4v) is 3.30. The lowest BCUT2D eigenvalue weighted by Crippen LogP contribution is -1.97. The molecule has 0 saturated carbocycles. The smallest absolute Gasteiger partial charge is 0.234 e. The van der Waals surface area contributed by atoms with Crippen molar-refractivity contribution < 1.29 is 9.47 Å². The van der Waals surface area contributed by atoms with E-state index in [-0.39, 0.29) is 12.7 Å². The van der Waals surface area contributed by atoms with Gasteiger partial charge >= 0.3 is 0 Å². The van der Waals surface area contributed by atoms with E-state index in [4.69, 9.17) is 21.1 Å². The minimum Gasteiger partial charge on any atom is -0.454 e. The third-order valence-corrected chi connectivity index (χ3v) is 4.43. The van der Waals surface area contributed by atoms with E-state index >= 15 is 0 Å². The molecule has 0 radical (unpaired) electrons. The van der Waals surface area contributed by atoms with Gasteiger partial charge in [-0.05, 0) is 12.1 Å². The summed E-state index contributed by atoms with van der Waals surface area (Å²) in [5.41, 5.74) is 0.884. The molecule has 3 aromatic rings. The van der Waals surface area contributed by atoms with Crippen molar-refractivity contribution in [3.05, 3.63) is 23.0 Å². The molecule has 0 N–H and O–H groups in total. The molecule has 0 fully saturated rings. The van der Waals surface area contributed by atoms with Crippen LogP contribution in [0, 0.1) is 0 Å². The summed E-state index contributed by atoms with van der Waals surface area (Å²) in [7, 11) is 0. The summed E-state index contributed by atoms with van der Waals surface area (Å²) in [4.78, 5) is 0.766. The Labute approximate surface area is 129 Å². The lowest BCUT2D eigenvalue weighted by molar-refractivity contribution is 0.174. The van der Waals surface area contributed by atoms with E-state index in [1.807, 2.05) is 12.1 Å². The van der Waals surface area contributed by atoms with Crippen LogP contribution >= 0.6 is 22.9 Å². The van der Waals surface area contributed by atoms with Gasteiger partial charge in [0, 0.05) is 11.5 Å². The van der Waals surface area contributed by atoms with E-state index in [1.54, 1.807) is 4.52 Å². The normalized spacial score (nSPS) is 13.5. The fourth-order valence-electron chi connectivity index (χ4n) is 2.20. The maximum atomic E-state index is 6.22. The van der Waals surface area contributed by atoms with Gasteiger partial charge in [-0.1, -0.05) is 36.8 Å². The molecule has 8 heteroatoms. The predicted molar refractivity (Wildman–Crippen MR) is 79.3 cm³/mol. The Morgan fingerprint density at radius 2 is 2.14 bits per heavy atom. The lowest BCUT2D eigenvalue weighted by Gasteiger charge is -2.02. The first-order valence-corrected chi connectivity index (χ1v) is 7.64. The second kappa shape index (κ2) is 4.57. The summed E-state index contributed by atoms with van der Waals surface area (Å²) in [6, 6.07) is 3.71. The monoisotopic (exact) mass is 322 g/mol. The minimum atomic E-state index is 0.196. The number of fused-ring (bicyclic) bond motifs is 2. The predicted octanol–water partition coefficient (Wildman–Crippen LogP) is 3.36. The molecule has 1 aliphatic rings. The van der Waals surface area contributed by atoms with E-state index in [9.17, 15) is 0 Å². The van der Waals surface area contributed by atoms with Gasteiger partial charge in [0.1, 0.15) is 5.01 Å². The van der Waals surface area contributed by atoms with Gasteiger partial charge in [0.25, 0.3) is 0 Å². The number of nitrogens with zero attached hydrogens (tertiary/aromatic N) is 4. The molecule has 0 aliphatic carbocycles. The summed E-state index contributed by atoms with van der Waals surface area (Å²) in [5, 5.41) is 14.2. The standard InChI is InChI=1S/C13H11ClN4O2S/c1-6(2)11-15-16-13-18(11)17-12(21-13)7-3-8(14)10-9(4-7)19-5-20-10/h3-4,6H,5H2,1-2H3. The van der Waals surface area contributed by atoms with E-state index in [0.29, 0.717) is 16.5 Å². The molecule has 1 aromatic carbocycles. The van der Waals surface area contributed by atoms with Gasteiger partial charge in [0.15, 0.2) is 17.3 Å². The van der Waals surface area contributed by atoms with Crippen molar-refractivity contribution in [1.82, 2.24) is 19.8 Å². The molecular formula is C13H11ClN4O2S.